The minimum Gasteiger partial charge on any atom is -0.381 e. The van der Waals surface area contributed by atoms with Gasteiger partial charge in [0.05, 0.1) is 6.04 Å². The smallest absolute Gasteiger partial charge is 0.251 e. The Kier molecular flexibility index (Phi) is 5.75. The summed E-state index contributed by atoms with van der Waals surface area (Å²) < 4.78 is 5.48. The summed E-state index contributed by atoms with van der Waals surface area (Å²) in [5.41, 5.74) is 0.727. The molecule has 1 N–H and O–H groups in total. The normalized spacial score (nSPS) is 16.9. The summed E-state index contributed by atoms with van der Waals surface area (Å²) in [4.78, 5) is 15.0. The van der Waals surface area contributed by atoms with E-state index in [1.807, 2.05) is 36.6 Å². The number of carbonyl (C=O) groups excluding carboxylic acids is 1. The van der Waals surface area contributed by atoms with Crippen molar-refractivity contribution in [1.29, 1.82) is 0 Å². The monoisotopic (exact) mass is 347 g/mol. The highest BCUT2D eigenvalue weighted by Crippen LogP contribution is 2.33. The molecule has 1 fully saturated rings. The molecular formula is C18H21NO2S2. The van der Waals surface area contributed by atoms with Gasteiger partial charge in [-0.2, -0.15) is 0 Å². The average molecular weight is 348 g/mol. The number of nitrogens with one attached hydrogen (secondary N) is 1. The highest BCUT2D eigenvalue weighted by Gasteiger charge is 2.28. The third-order valence-electron chi connectivity index (χ3n) is 4.21. The van der Waals surface area contributed by atoms with Crippen molar-refractivity contribution in [2.45, 2.75) is 23.8 Å². The van der Waals surface area contributed by atoms with E-state index in [0.29, 0.717) is 5.92 Å². The van der Waals surface area contributed by atoms with E-state index in [2.05, 4.69) is 16.8 Å². The second-order valence-electron chi connectivity index (χ2n) is 5.65. The lowest BCUT2D eigenvalue weighted by molar-refractivity contribution is 0.0518. The zero-order valence-electron chi connectivity index (χ0n) is 13.2. The standard InChI is InChI=1S/C18H21NO2S2/c1-22-15-5-2-4-14(12-15)18(20)19-17(16-6-3-11-23-16)13-7-9-21-10-8-13/h2-6,11-13,17H,7-10H2,1H3,(H,19,20)/t17-/m0/s1. The lowest BCUT2D eigenvalue weighted by atomic mass is 9.90. The van der Waals surface area contributed by atoms with Crippen LogP contribution in [0.15, 0.2) is 46.7 Å². The van der Waals surface area contributed by atoms with Crippen LogP contribution in [0.4, 0.5) is 0 Å². The van der Waals surface area contributed by atoms with Crippen molar-refractivity contribution in [1.82, 2.24) is 5.32 Å². The SMILES string of the molecule is CSc1cccc(C(=O)N[C@H](c2cccs2)C2CCOCC2)c1. The number of hydrogen-bond donors (Lipinski definition) is 1. The van der Waals surface area contributed by atoms with Crippen LogP contribution < -0.4 is 5.32 Å². The van der Waals surface area contributed by atoms with E-state index in [0.717, 1.165) is 36.5 Å². The maximum Gasteiger partial charge on any atom is 0.251 e. The zero-order chi connectivity index (χ0) is 16.1. The first kappa shape index (κ1) is 16.6. The lowest BCUT2D eigenvalue weighted by Gasteiger charge is -2.30. The Morgan fingerprint density at radius 1 is 1.30 bits per heavy atom. The largest absolute Gasteiger partial charge is 0.381 e. The molecule has 1 aliphatic heterocycles. The highest BCUT2D eigenvalue weighted by molar-refractivity contribution is 7.98. The molecule has 0 radical (unpaired) electrons. The van der Waals surface area contributed by atoms with E-state index in [-0.39, 0.29) is 11.9 Å². The van der Waals surface area contributed by atoms with E-state index in [4.69, 9.17) is 4.74 Å². The summed E-state index contributed by atoms with van der Waals surface area (Å²) in [6.07, 6.45) is 4.01. The molecule has 1 aromatic carbocycles. The quantitative estimate of drug-likeness (QED) is 0.816. The van der Waals surface area contributed by atoms with Crippen molar-refractivity contribution in [3.63, 3.8) is 0 Å². The first-order valence-corrected chi connectivity index (χ1v) is 9.94. The third-order valence-corrected chi connectivity index (χ3v) is 5.89. The van der Waals surface area contributed by atoms with E-state index < -0.39 is 0 Å². The molecule has 0 aliphatic carbocycles. The van der Waals surface area contributed by atoms with Crippen molar-refractivity contribution in [3.8, 4) is 0 Å². The fourth-order valence-corrected chi connectivity index (χ4v) is 4.26. The van der Waals surface area contributed by atoms with E-state index >= 15 is 0 Å². The molecular weight excluding hydrogens is 326 g/mol. The van der Waals surface area contributed by atoms with Gasteiger partial charge in [-0.1, -0.05) is 12.1 Å². The van der Waals surface area contributed by atoms with Gasteiger partial charge in [0.15, 0.2) is 0 Å². The number of rotatable bonds is 5. The molecule has 0 spiro atoms. The Morgan fingerprint density at radius 3 is 2.83 bits per heavy atom. The average Bonchev–Trinajstić information content (AvgIpc) is 3.14. The fraction of sp³-hybridized carbons (Fsp3) is 0.389. The van der Waals surface area contributed by atoms with Crippen LogP contribution in [-0.4, -0.2) is 25.4 Å². The molecule has 122 valence electrons. The van der Waals surface area contributed by atoms with Crippen molar-refractivity contribution in [2.24, 2.45) is 5.92 Å². The molecule has 23 heavy (non-hydrogen) atoms. The molecule has 1 aromatic heterocycles. The maximum atomic E-state index is 12.7. The first-order valence-electron chi connectivity index (χ1n) is 7.84. The van der Waals surface area contributed by atoms with Crippen molar-refractivity contribution in [3.05, 3.63) is 52.2 Å². The summed E-state index contributed by atoms with van der Waals surface area (Å²) in [6, 6.07) is 12.0. The Morgan fingerprint density at radius 2 is 2.13 bits per heavy atom. The van der Waals surface area contributed by atoms with Gasteiger partial charge in [0.1, 0.15) is 0 Å². The fourth-order valence-electron chi connectivity index (χ4n) is 2.93. The summed E-state index contributed by atoms with van der Waals surface area (Å²) >= 11 is 3.36. The highest BCUT2D eigenvalue weighted by atomic mass is 32.2. The molecule has 2 heterocycles. The Bertz CT molecular complexity index is 636. The molecule has 3 rings (SSSR count). The van der Waals surface area contributed by atoms with Gasteiger partial charge >= 0.3 is 0 Å². The second-order valence-corrected chi connectivity index (χ2v) is 7.51. The van der Waals surface area contributed by atoms with Gasteiger partial charge < -0.3 is 10.1 Å². The second kappa shape index (κ2) is 7.99. The topological polar surface area (TPSA) is 38.3 Å². The van der Waals surface area contributed by atoms with Gasteiger partial charge in [-0.05, 0) is 54.7 Å². The van der Waals surface area contributed by atoms with Gasteiger partial charge in [-0.25, -0.2) is 0 Å². The molecule has 0 bridgehead atoms. The van der Waals surface area contributed by atoms with Crippen LogP contribution in [0.2, 0.25) is 0 Å². The molecule has 1 saturated heterocycles. The number of thioether (sulfide) groups is 1. The molecule has 1 amide bonds. The predicted molar refractivity (Wildman–Crippen MR) is 96.3 cm³/mol. The van der Waals surface area contributed by atoms with Crippen LogP contribution in [0.5, 0.6) is 0 Å². The minimum absolute atomic E-state index is 0.00536. The molecule has 1 aliphatic rings. The maximum absolute atomic E-state index is 12.7. The lowest BCUT2D eigenvalue weighted by Crippen LogP contribution is -2.35. The number of carbonyl (C=O) groups is 1. The molecule has 5 heteroatoms. The molecule has 2 aromatic rings. The number of benzene rings is 1. The van der Waals surface area contributed by atoms with Gasteiger partial charge in [-0.15, -0.1) is 23.1 Å². The summed E-state index contributed by atoms with van der Waals surface area (Å²) in [6.45, 7) is 1.56. The summed E-state index contributed by atoms with van der Waals surface area (Å²) in [5.74, 6) is 0.445. The predicted octanol–water partition coefficient (Wildman–Crippen LogP) is 4.37. The number of hydrogen-bond acceptors (Lipinski definition) is 4. The minimum atomic E-state index is 0.00536. The van der Waals surface area contributed by atoms with Crippen molar-refractivity contribution in [2.75, 3.05) is 19.5 Å². The van der Waals surface area contributed by atoms with Gasteiger partial charge in [-0.3, -0.25) is 4.79 Å². The van der Waals surface area contributed by atoms with Crippen LogP contribution in [0, 0.1) is 5.92 Å². The van der Waals surface area contributed by atoms with Crippen LogP contribution in [0.1, 0.15) is 34.1 Å². The number of amides is 1. The van der Waals surface area contributed by atoms with Crippen LogP contribution >= 0.6 is 23.1 Å². The molecule has 0 saturated carbocycles. The summed E-state index contributed by atoms with van der Waals surface area (Å²) in [5, 5.41) is 5.33. The third kappa shape index (κ3) is 4.16. The Hall–Kier alpha value is -1.30. The van der Waals surface area contributed by atoms with Crippen molar-refractivity contribution >= 4 is 29.0 Å². The first-order chi connectivity index (χ1) is 11.3. The van der Waals surface area contributed by atoms with E-state index in [1.165, 1.54) is 4.88 Å². The van der Waals surface area contributed by atoms with Crippen LogP contribution in [-0.2, 0) is 4.74 Å². The zero-order valence-corrected chi connectivity index (χ0v) is 14.8. The van der Waals surface area contributed by atoms with E-state index in [1.54, 1.807) is 23.1 Å². The van der Waals surface area contributed by atoms with Gasteiger partial charge in [0.25, 0.3) is 5.91 Å². The van der Waals surface area contributed by atoms with Crippen molar-refractivity contribution < 1.29 is 9.53 Å². The molecule has 0 unspecified atom stereocenters. The van der Waals surface area contributed by atoms with E-state index in [9.17, 15) is 4.79 Å². The van der Waals surface area contributed by atoms with Crippen LogP contribution in [0.3, 0.4) is 0 Å². The van der Waals surface area contributed by atoms with Crippen LogP contribution in [0.25, 0.3) is 0 Å². The Labute approximate surface area is 145 Å². The molecule has 3 nitrogen and oxygen atoms in total. The number of thiophene rings is 1. The van der Waals surface area contributed by atoms with Gasteiger partial charge in [0.2, 0.25) is 0 Å². The molecule has 1 atom stereocenters. The Balaban J connectivity index is 1.78. The van der Waals surface area contributed by atoms with Gasteiger partial charge in [0, 0.05) is 28.5 Å². The number of ether oxygens (including phenoxy) is 1. The summed E-state index contributed by atoms with van der Waals surface area (Å²) in [7, 11) is 0.